The fourth-order valence-corrected chi connectivity index (χ4v) is 1.64. The number of aromatic nitrogens is 3. The highest BCUT2D eigenvalue weighted by Crippen LogP contribution is 2.42. The molecule has 78 valence electrons. The van der Waals surface area contributed by atoms with Gasteiger partial charge < -0.3 is 5.73 Å². The van der Waals surface area contributed by atoms with Crippen molar-refractivity contribution in [2.24, 2.45) is 11.7 Å². The minimum Gasteiger partial charge on any atom is -0.319 e. The fourth-order valence-electron chi connectivity index (χ4n) is 1.64. The van der Waals surface area contributed by atoms with Crippen molar-refractivity contribution >= 4 is 0 Å². The van der Waals surface area contributed by atoms with Gasteiger partial charge in [0.05, 0.1) is 5.54 Å². The summed E-state index contributed by atoms with van der Waals surface area (Å²) < 4.78 is 0. The topological polar surface area (TPSA) is 67.6 Å². The molecule has 0 aliphatic heterocycles. The molecule has 0 saturated heterocycles. The minimum absolute atomic E-state index is 0.344. The first-order valence-electron chi connectivity index (χ1n) is 5.23. The normalized spacial score (nSPS) is 21.2. The summed E-state index contributed by atoms with van der Waals surface area (Å²) >= 11 is 0. The second-order valence-corrected chi connectivity index (χ2v) is 4.76. The number of hydrogen-bond donors (Lipinski definition) is 2. The van der Waals surface area contributed by atoms with Crippen LogP contribution in [0.3, 0.4) is 0 Å². The first-order valence-corrected chi connectivity index (χ1v) is 5.23. The molecule has 1 aliphatic rings. The lowest BCUT2D eigenvalue weighted by Gasteiger charge is -2.19. The Bertz CT molecular complexity index is 323. The van der Waals surface area contributed by atoms with E-state index < -0.39 is 0 Å². The molecule has 0 amide bonds. The Labute approximate surface area is 84.3 Å². The van der Waals surface area contributed by atoms with Crippen LogP contribution in [0.2, 0.25) is 0 Å². The van der Waals surface area contributed by atoms with Gasteiger partial charge in [-0.2, -0.15) is 5.10 Å². The summed E-state index contributed by atoms with van der Waals surface area (Å²) in [7, 11) is 0. The summed E-state index contributed by atoms with van der Waals surface area (Å²) in [4.78, 5) is 4.45. The fraction of sp³-hybridized carbons (Fsp3) is 0.800. The SMILES string of the molecule is CC(C)c1nc(C(C)(N)C2CC2)n[nH]1. The maximum absolute atomic E-state index is 6.21. The zero-order valence-corrected chi connectivity index (χ0v) is 9.04. The van der Waals surface area contributed by atoms with Crippen LogP contribution in [-0.2, 0) is 5.54 Å². The number of nitrogens with zero attached hydrogens (tertiary/aromatic N) is 2. The Morgan fingerprint density at radius 3 is 2.57 bits per heavy atom. The van der Waals surface area contributed by atoms with E-state index in [1.54, 1.807) is 0 Å². The maximum Gasteiger partial charge on any atom is 0.170 e. The van der Waals surface area contributed by atoms with Crippen LogP contribution in [0.25, 0.3) is 0 Å². The van der Waals surface area contributed by atoms with Crippen LogP contribution in [0.15, 0.2) is 0 Å². The molecule has 1 aliphatic carbocycles. The van der Waals surface area contributed by atoms with Crippen molar-refractivity contribution in [1.29, 1.82) is 0 Å². The van der Waals surface area contributed by atoms with Gasteiger partial charge >= 0.3 is 0 Å². The van der Waals surface area contributed by atoms with Crippen molar-refractivity contribution in [1.82, 2.24) is 15.2 Å². The Morgan fingerprint density at radius 1 is 1.50 bits per heavy atom. The summed E-state index contributed by atoms with van der Waals surface area (Å²) in [6.45, 7) is 6.21. The molecule has 3 N–H and O–H groups in total. The molecule has 14 heavy (non-hydrogen) atoms. The zero-order chi connectivity index (χ0) is 10.3. The largest absolute Gasteiger partial charge is 0.319 e. The highest BCUT2D eigenvalue weighted by atomic mass is 15.2. The number of aromatic amines is 1. The second kappa shape index (κ2) is 3.05. The minimum atomic E-state index is -0.344. The predicted molar refractivity (Wildman–Crippen MR) is 54.7 cm³/mol. The van der Waals surface area contributed by atoms with E-state index >= 15 is 0 Å². The van der Waals surface area contributed by atoms with E-state index in [9.17, 15) is 0 Å². The maximum atomic E-state index is 6.21. The van der Waals surface area contributed by atoms with Crippen LogP contribution in [0.1, 0.15) is 51.2 Å². The number of rotatable bonds is 3. The molecule has 0 bridgehead atoms. The summed E-state index contributed by atoms with van der Waals surface area (Å²) in [5.74, 6) is 2.64. The molecule has 0 radical (unpaired) electrons. The average Bonchev–Trinajstić information content (AvgIpc) is 2.82. The van der Waals surface area contributed by atoms with Crippen molar-refractivity contribution in [3.63, 3.8) is 0 Å². The number of nitrogens with two attached hydrogens (primary N) is 1. The van der Waals surface area contributed by atoms with Gasteiger partial charge in [-0.25, -0.2) is 4.98 Å². The molecular formula is C10H18N4. The Balaban J connectivity index is 2.23. The van der Waals surface area contributed by atoms with Crippen molar-refractivity contribution in [2.45, 2.75) is 45.1 Å². The van der Waals surface area contributed by atoms with Gasteiger partial charge in [0.2, 0.25) is 0 Å². The van der Waals surface area contributed by atoms with E-state index in [1.807, 2.05) is 6.92 Å². The van der Waals surface area contributed by atoms with Crippen molar-refractivity contribution in [3.8, 4) is 0 Å². The molecule has 1 fully saturated rings. The van der Waals surface area contributed by atoms with Crippen molar-refractivity contribution < 1.29 is 0 Å². The van der Waals surface area contributed by atoms with Crippen LogP contribution >= 0.6 is 0 Å². The van der Waals surface area contributed by atoms with Crippen molar-refractivity contribution in [2.75, 3.05) is 0 Å². The highest BCUT2D eigenvalue weighted by molar-refractivity contribution is 5.10. The number of H-pyrrole nitrogens is 1. The van der Waals surface area contributed by atoms with Crippen LogP contribution in [-0.4, -0.2) is 15.2 Å². The Kier molecular flexibility index (Phi) is 2.10. The van der Waals surface area contributed by atoms with Gasteiger partial charge in [0, 0.05) is 5.92 Å². The number of hydrogen-bond acceptors (Lipinski definition) is 3. The van der Waals surface area contributed by atoms with Crippen LogP contribution in [0, 0.1) is 5.92 Å². The lowest BCUT2D eigenvalue weighted by Crippen LogP contribution is -2.36. The molecule has 1 unspecified atom stereocenters. The van der Waals surface area contributed by atoms with Gasteiger partial charge in [-0.05, 0) is 25.7 Å². The summed E-state index contributed by atoms with van der Waals surface area (Å²) in [5, 5.41) is 7.16. The molecule has 4 nitrogen and oxygen atoms in total. The van der Waals surface area contributed by atoms with E-state index in [4.69, 9.17) is 5.73 Å². The molecule has 1 saturated carbocycles. The third-order valence-electron chi connectivity index (χ3n) is 2.96. The zero-order valence-electron chi connectivity index (χ0n) is 9.04. The standard InChI is InChI=1S/C10H18N4/c1-6(2)8-12-9(14-13-8)10(3,11)7-4-5-7/h6-7H,4-5,11H2,1-3H3,(H,12,13,14). The smallest absolute Gasteiger partial charge is 0.170 e. The van der Waals surface area contributed by atoms with Crippen LogP contribution in [0.4, 0.5) is 0 Å². The lowest BCUT2D eigenvalue weighted by molar-refractivity contribution is 0.401. The molecule has 1 atom stereocenters. The molecule has 0 spiro atoms. The van der Waals surface area contributed by atoms with Crippen LogP contribution in [0.5, 0.6) is 0 Å². The van der Waals surface area contributed by atoms with Crippen molar-refractivity contribution in [3.05, 3.63) is 11.6 Å². The van der Waals surface area contributed by atoms with E-state index in [0.29, 0.717) is 11.8 Å². The van der Waals surface area contributed by atoms with E-state index in [2.05, 4.69) is 29.0 Å². The molecule has 4 heteroatoms. The van der Waals surface area contributed by atoms with Gasteiger partial charge in [0.25, 0.3) is 0 Å². The average molecular weight is 194 g/mol. The molecule has 0 aromatic carbocycles. The molecule has 1 aromatic heterocycles. The quantitative estimate of drug-likeness (QED) is 0.766. The Hall–Kier alpha value is -0.900. The van der Waals surface area contributed by atoms with Gasteiger partial charge in [0.15, 0.2) is 5.82 Å². The third kappa shape index (κ3) is 1.54. The Morgan fingerprint density at radius 2 is 2.14 bits per heavy atom. The summed E-state index contributed by atoms with van der Waals surface area (Å²) in [6, 6.07) is 0. The summed E-state index contributed by atoms with van der Waals surface area (Å²) in [5.41, 5.74) is 5.87. The second-order valence-electron chi connectivity index (χ2n) is 4.76. The lowest BCUT2D eigenvalue weighted by atomic mass is 9.97. The molecule has 1 heterocycles. The molecule has 1 aromatic rings. The van der Waals surface area contributed by atoms with Gasteiger partial charge in [0.1, 0.15) is 5.82 Å². The third-order valence-corrected chi connectivity index (χ3v) is 2.96. The number of nitrogens with one attached hydrogen (secondary N) is 1. The van der Waals surface area contributed by atoms with E-state index in [0.717, 1.165) is 11.6 Å². The summed E-state index contributed by atoms with van der Waals surface area (Å²) in [6.07, 6.45) is 2.41. The van der Waals surface area contributed by atoms with Gasteiger partial charge in [-0.15, -0.1) is 0 Å². The van der Waals surface area contributed by atoms with E-state index in [1.165, 1.54) is 12.8 Å². The van der Waals surface area contributed by atoms with Crippen LogP contribution < -0.4 is 5.73 Å². The first kappa shape index (κ1) is 9.65. The van der Waals surface area contributed by atoms with Gasteiger partial charge in [-0.1, -0.05) is 13.8 Å². The monoisotopic (exact) mass is 194 g/mol. The molecule has 2 rings (SSSR count). The van der Waals surface area contributed by atoms with Gasteiger partial charge in [-0.3, -0.25) is 5.10 Å². The van der Waals surface area contributed by atoms with E-state index in [-0.39, 0.29) is 5.54 Å². The highest BCUT2D eigenvalue weighted by Gasteiger charge is 2.42. The first-order chi connectivity index (χ1) is 6.51. The molecular weight excluding hydrogens is 176 g/mol. The predicted octanol–water partition coefficient (Wildman–Crippen LogP) is 1.51.